The Kier molecular flexibility index (Phi) is 4.34. The lowest BCUT2D eigenvalue weighted by Gasteiger charge is -2.29. The van der Waals surface area contributed by atoms with Crippen LogP contribution in [0.3, 0.4) is 0 Å². The maximum absolute atomic E-state index is 12.5. The molecule has 6 nitrogen and oxygen atoms in total. The molecule has 0 bridgehead atoms. The third-order valence-corrected chi connectivity index (χ3v) is 4.26. The van der Waals surface area contributed by atoms with Gasteiger partial charge in [0.25, 0.3) is 5.91 Å². The first-order chi connectivity index (χ1) is 11.1. The number of hydrogen-bond acceptors (Lipinski definition) is 4. The molecule has 0 spiro atoms. The minimum absolute atomic E-state index is 0.158. The Morgan fingerprint density at radius 1 is 1.35 bits per heavy atom. The summed E-state index contributed by atoms with van der Waals surface area (Å²) in [5, 5.41) is 13.4. The molecule has 1 aromatic carbocycles. The standard InChI is InChI=1S/C16H15ClN2O4/c17-12-6-2-1-5-11(12)14-8-13(18-23-14)15(20)19-7-3-4-10(9-19)16(21)22/h1-2,5-6,8,10H,3-4,7,9H2,(H,21,22)/t10-/m0/s1. The minimum Gasteiger partial charge on any atom is -0.481 e. The van der Waals surface area contributed by atoms with Gasteiger partial charge in [0.2, 0.25) is 0 Å². The Balaban J connectivity index is 1.79. The Labute approximate surface area is 137 Å². The summed E-state index contributed by atoms with van der Waals surface area (Å²) >= 11 is 6.10. The number of hydrogen-bond donors (Lipinski definition) is 1. The van der Waals surface area contributed by atoms with Crippen molar-refractivity contribution in [2.45, 2.75) is 12.8 Å². The van der Waals surface area contributed by atoms with Crippen LogP contribution in [0.25, 0.3) is 11.3 Å². The first-order valence-electron chi connectivity index (χ1n) is 7.30. The fourth-order valence-corrected chi connectivity index (χ4v) is 2.92. The molecule has 2 aromatic rings. The van der Waals surface area contributed by atoms with E-state index in [0.717, 1.165) is 0 Å². The fraction of sp³-hybridized carbons (Fsp3) is 0.312. The molecule has 1 saturated heterocycles. The third-order valence-electron chi connectivity index (χ3n) is 3.93. The van der Waals surface area contributed by atoms with Crippen molar-refractivity contribution in [2.24, 2.45) is 5.92 Å². The molecule has 0 saturated carbocycles. The van der Waals surface area contributed by atoms with Crippen LogP contribution in [0.5, 0.6) is 0 Å². The predicted octanol–water partition coefficient (Wildman–Crippen LogP) is 2.93. The summed E-state index contributed by atoms with van der Waals surface area (Å²) in [6, 6.07) is 8.65. The van der Waals surface area contributed by atoms with Crippen molar-refractivity contribution in [3.63, 3.8) is 0 Å². The fourth-order valence-electron chi connectivity index (χ4n) is 2.69. The van der Waals surface area contributed by atoms with E-state index in [9.17, 15) is 9.59 Å². The van der Waals surface area contributed by atoms with E-state index in [2.05, 4.69) is 5.16 Å². The van der Waals surface area contributed by atoms with Gasteiger partial charge in [0.15, 0.2) is 11.5 Å². The van der Waals surface area contributed by atoms with E-state index in [1.165, 1.54) is 11.0 Å². The Hall–Kier alpha value is -2.34. The van der Waals surface area contributed by atoms with Gasteiger partial charge in [-0.2, -0.15) is 0 Å². The van der Waals surface area contributed by atoms with Crippen LogP contribution in [-0.4, -0.2) is 40.1 Å². The Morgan fingerprint density at radius 2 is 2.13 bits per heavy atom. The van der Waals surface area contributed by atoms with Gasteiger partial charge in [0.1, 0.15) is 0 Å². The van der Waals surface area contributed by atoms with Crippen LogP contribution in [0.4, 0.5) is 0 Å². The maximum Gasteiger partial charge on any atom is 0.308 e. The second-order valence-corrected chi connectivity index (χ2v) is 5.89. The summed E-state index contributed by atoms with van der Waals surface area (Å²) in [5.74, 6) is -1.31. The first kappa shape index (κ1) is 15.6. The monoisotopic (exact) mass is 334 g/mol. The molecule has 1 aliphatic heterocycles. The molecule has 1 aliphatic rings. The van der Waals surface area contributed by atoms with Crippen molar-refractivity contribution in [1.29, 1.82) is 0 Å². The number of carboxylic acids is 1. The van der Waals surface area contributed by atoms with E-state index >= 15 is 0 Å². The molecular formula is C16H15ClN2O4. The number of carbonyl (C=O) groups excluding carboxylic acids is 1. The van der Waals surface area contributed by atoms with Crippen molar-refractivity contribution in [1.82, 2.24) is 10.1 Å². The summed E-state index contributed by atoms with van der Waals surface area (Å²) in [5.41, 5.74) is 0.814. The van der Waals surface area contributed by atoms with E-state index in [1.807, 2.05) is 6.07 Å². The van der Waals surface area contributed by atoms with Crippen molar-refractivity contribution in [3.05, 3.63) is 41.0 Å². The van der Waals surface area contributed by atoms with Gasteiger partial charge in [0.05, 0.1) is 10.9 Å². The quantitative estimate of drug-likeness (QED) is 0.933. The molecule has 1 amide bonds. The number of piperidine rings is 1. The van der Waals surface area contributed by atoms with Crippen LogP contribution in [0.1, 0.15) is 23.3 Å². The summed E-state index contributed by atoms with van der Waals surface area (Å²) in [6.45, 7) is 0.722. The SMILES string of the molecule is O=C(O)[C@H]1CCCN(C(=O)c2cc(-c3ccccc3Cl)on2)C1. The van der Waals surface area contributed by atoms with Gasteiger partial charge in [0, 0.05) is 24.7 Å². The number of aliphatic carboxylic acids is 1. The van der Waals surface area contributed by atoms with E-state index in [-0.39, 0.29) is 18.1 Å². The smallest absolute Gasteiger partial charge is 0.308 e. The summed E-state index contributed by atoms with van der Waals surface area (Å²) in [7, 11) is 0. The van der Waals surface area contributed by atoms with Gasteiger partial charge in [-0.15, -0.1) is 0 Å². The highest BCUT2D eigenvalue weighted by Gasteiger charge is 2.30. The molecule has 0 aliphatic carbocycles. The molecule has 1 fully saturated rings. The van der Waals surface area contributed by atoms with E-state index in [0.29, 0.717) is 35.7 Å². The molecule has 2 heterocycles. The van der Waals surface area contributed by atoms with Crippen LogP contribution in [0.2, 0.25) is 5.02 Å². The Morgan fingerprint density at radius 3 is 2.87 bits per heavy atom. The van der Waals surface area contributed by atoms with Crippen molar-refractivity contribution in [3.8, 4) is 11.3 Å². The van der Waals surface area contributed by atoms with E-state index < -0.39 is 11.9 Å². The van der Waals surface area contributed by atoms with Gasteiger partial charge in [-0.05, 0) is 25.0 Å². The second-order valence-electron chi connectivity index (χ2n) is 5.48. The third kappa shape index (κ3) is 3.22. The molecule has 1 N–H and O–H groups in total. The molecule has 1 aromatic heterocycles. The zero-order chi connectivity index (χ0) is 16.4. The summed E-state index contributed by atoms with van der Waals surface area (Å²) < 4.78 is 5.22. The maximum atomic E-state index is 12.5. The Bertz CT molecular complexity index is 743. The van der Waals surface area contributed by atoms with E-state index in [4.69, 9.17) is 21.2 Å². The average molecular weight is 335 g/mol. The molecule has 1 atom stereocenters. The van der Waals surface area contributed by atoms with Gasteiger partial charge in [-0.25, -0.2) is 0 Å². The number of nitrogens with zero attached hydrogens (tertiary/aromatic N) is 2. The molecular weight excluding hydrogens is 320 g/mol. The number of halogens is 1. The highest BCUT2D eigenvalue weighted by molar-refractivity contribution is 6.33. The van der Waals surface area contributed by atoms with Gasteiger partial charge >= 0.3 is 5.97 Å². The lowest BCUT2D eigenvalue weighted by atomic mass is 9.98. The largest absolute Gasteiger partial charge is 0.481 e. The number of carboxylic acid groups (broad SMARTS) is 1. The van der Waals surface area contributed by atoms with Crippen LogP contribution in [-0.2, 0) is 4.79 Å². The topological polar surface area (TPSA) is 83.6 Å². The van der Waals surface area contributed by atoms with Crippen molar-refractivity contribution < 1.29 is 19.2 Å². The molecule has 0 radical (unpaired) electrons. The zero-order valence-electron chi connectivity index (χ0n) is 12.2. The minimum atomic E-state index is -0.876. The normalized spacial score (nSPS) is 18.0. The summed E-state index contributed by atoms with van der Waals surface area (Å²) in [6.07, 6.45) is 1.25. The van der Waals surface area contributed by atoms with Crippen molar-refractivity contribution in [2.75, 3.05) is 13.1 Å². The molecule has 0 unspecified atom stereocenters. The predicted molar refractivity (Wildman–Crippen MR) is 83.2 cm³/mol. The number of rotatable bonds is 3. The zero-order valence-corrected chi connectivity index (χ0v) is 13.0. The van der Waals surface area contributed by atoms with Gasteiger partial charge in [-0.3, -0.25) is 9.59 Å². The average Bonchev–Trinajstić information content (AvgIpc) is 3.04. The summed E-state index contributed by atoms with van der Waals surface area (Å²) in [4.78, 5) is 25.1. The molecule has 3 rings (SSSR count). The van der Waals surface area contributed by atoms with Crippen LogP contribution in [0, 0.1) is 5.92 Å². The number of amides is 1. The molecule has 7 heteroatoms. The van der Waals surface area contributed by atoms with Crippen LogP contribution < -0.4 is 0 Å². The van der Waals surface area contributed by atoms with Gasteiger partial charge in [-0.1, -0.05) is 28.9 Å². The first-order valence-corrected chi connectivity index (χ1v) is 7.68. The van der Waals surface area contributed by atoms with Crippen LogP contribution >= 0.6 is 11.6 Å². The van der Waals surface area contributed by atoms with E-state index in [1.54, 1.807) is 18.2 Å². The number of aromatic nitrogens is 1. The lowest BCUT2D eigenvalue weighted by Crippen LogP contribution is -2.42. The highest BCUT2D eigenvalue weighted by atomic mass is 35.5. The highest BCUT2D eigenvalue weighted by Crippen LogP contribution is 2.28. The van der Waals surface area contributed by atoms with Gasteiger partial charge < -0.3 is 14.5 Å². The lowest BCUT2D eigenvalue weighted by molar-refractivity contribution is -0.143. The number of carbonyl (C=O) groups is 2. The second kappa shape index (κ2) is 6.42. The molecule has 23 heavy (non-hydrogen) atoms. The molecule has 120 valence electrons. The van der Waals surface area contributed by atoms with Crippen molar-refractivity contribution >= 4 is 23.5 Å². The number of likely N-dealkylation sites (tertiary alicyclic amines) is 1. The van der Waals surface area contributed by atoms with Crippen LogP contribution in [0.15, 0.2) is 34.9 Å². The number of benzene rings is 1.